The minimum atomic E-state index is -0.719. The lowest BCUT2D eigenvalue weighted by Gasteiger charge is -2.26. The van der Waals surface area contributed by atoms with Crippen LogP contribution in [0.2, 0.25) is 0 Å². The first-order valence-corrected chi connectivity index (χ1v) is 5.34. The quantitative estimate of drug-likeness (QED) is 0.612. The number of benzene rings is 1. The average molecular weight is 210 g/mol. The molecule has 82 valence electrons. The summed E-state index contributed by atoms with van der Waals surface area (Å²) in [6.45, 7) is 6.53. The smallest absolute Gasteiger partial charge is 0.159 e. The third kappa shape index (κ3) is 1.90. The molecule has 0 saturated heterocycles. The van der Waals surface area contributed by atoms with Crippen molar-refractivity contribution < 1.29 is 8.78 Å². The zero-order valence-corrected chi connectivity index (χ0v) is 9.40. The summed E-state index contributed by atoms with van der Waals surface area (Å²) < 4.78 is 26.0. The van der Waals surface area contributed by atoms with Gasteiger partial charge in [0, 0.05) is 0 Å². The molecule has 1 aliphatic rings. The highest BCUT2D eigenvalue weighted by molar-refractivity contribution is 5.34. The molecule has 0 atom stereocenters. The van der Waals surface area contributed by atoms with E-state index in [1.54, 1.807) is 0 Å². The van der Waals surface area contributed by atoms with Crippen LogP contribution in [0.3, 0.4) is 0 Å². The number of hydrogen-bond acceptors (Lipinski definition) is 0. The summed E-state index contributed by atoms with van der Waals surface area (Å²) >= 11 is 0. The van der Waals surface area contributed by atoms with Gasteiger partial charge in [0.1, 0.15) is 0 Å². The SMILES string of the molecule is CC(C)(C)C1Cc2cc(F)c(F)cc2C1. The van der Waals surface area contributed by atoms with Gasteiger partial charge in [-0.1, -0.05) is 20.8 Å². The van der Waals surface area contributed by atoms with Gasteiger partial charge >= 0.3 is 0 Å². The maximum absolute atomic E-state index is 13.0. The Balaban J connectivity index is 2.32. The van der Waals surface area contributed by atoms with Crippen LogP contribution < -0.4 is 0 Å². The summed E-state index contributed by atoms with van der Waals surface area (Å²) in [5.41, 5.74) is 2.16. The molecule has 2 rings (SSSR count). The molecule has 1 aromatic carbocycles. The van der Waals surface area contributed by atoms with E-state index in [1.165, 1.54) is 12.1 Å². The molecule has 0 heterocycles. The predicted molar refractivity (Wildman–Crippen MR) is 56.7 cm³/mol. The molecule has 1 aromatic rings. The fourth-order valence-electron chi connectivity index (χ4n) is 2.22. The van der Waals surface area contributed by atoms with E-state index in [2.05, 4.69) is 20.8 Å². The second-order valence-electron chi connectivity index (χ2n) is 5.51. The van der Waals surface area contributed by atoms with Crippen LogP contribution in [0.25, 0.3) is 0 Å². The van der Waals surface area contributed by atoms with Crippen molar-refractivity contribution in [3.63, 3.8) is 0 Å². The van der Waals surface area contributed by atoms with E-state index in [9.17, 15) is 8.78 Å². The van der Waals surface area contributed by atoms with Gasteiger partial charge in [0.15, 0.2) is 11.6 Å². The zero-order valence-electron chi connectivity index (χ0n) is 9.40. The summed E-state index contributed by atoms with van der Waals surface area (Å²) in [7, 11) is 0. The van der Waals surface area contributed by atoms with Gasteiger partial charge < -0.3 is 0 Å². The van der Waals surface area contributed by atoms with Gasteiger partial charge in [-0.25, -0.2) is 8.78 Å². The molecule has 15 heavy (non-hydrogen) atoms. The van der Waals surface area contributed by atoms with E-state index in [4.69, 9.17) is 0 Å². The highest BCUT2D eigenvalue weighted by Crippen LogP contribution is 2.38. The molecule has 0 radical (unpaired) electrons. The Hall–Kier alpha value is -0.920. The van der Waals surface area contributed by atoms with E-state index >= 15 is 0 Å². The van der Waals surface area contributed by atoms with Crippen LogP contribution in [0, 0.1) is 23.0 Å². The van der Waals surface area contributed by atoms with Crippen LogP contribution in [0.1, 0.15) is 31.9 Å². The zero-order chi connectivity index (χ0) is 11.2. The molecule has 0 bridgehead atoms. The fraction of sp³-hybridized carbons (Fsp3) is 0.538. The Labute approximate surface area is 89.3 Å². The van der Waals surface area contributed by atoms with E-state index in [0.717, 1.165) is 24.0 Å². The third-order valence-corrected chi connectivity index (χ3v) is 3.40. The highest BCUT2D eigenvalue weighted by Gasteiger charge is 2.31. The van der Waals surface area contributed by atoms with Crippen molar-refractivity contribution in [1.29, 1.82) is 0 Å². The van der Waals surface area contributed by atoms with Crippen LogP contribution in [0.5, 0.6) is 0 Å². The predicted octanol–water partition coefficient (Wildman–Crippen LogP) is 3.73. The molecule has 0 aromatic heterocycles. The van der Waals surface area contributed by atoms with Crippen molar-refractivity contribution in [3.8, 4) is 0 Å². The molecule has 0 amide bonds. The first-order chi connectivity index (χ1) is 6.88. The Morgan fingerprint density at radius 3 is 1.73 bits per heavy atom. The van der Waals surface area contributed by atoms with Crippen molar-refractivity contribution in [2.45, 2.75) is 33.6 Å². The van der Waals surface area contributed by atoms with Gasteiger partial charge in [0.05, 0.1) is 0 Å². The van der Waals surface area contributed by atoms with E-state index in [1.807, 2.05) is 0 Å². The summed E-state index contributed by atoms with van der Waals surface area (Å²) in [5.74, 6) is -0.944. The van der Waals surface area contributed by atoms with Crippen LogP contribution in [0.15, 0.2) is 12.1 Å². The lowest BCUT2D eigenvalue weighted by molar-refractivity contribution is 0.251. The second-order valence-corrected chi connectivity index (χ2v) is 5.51. The summed E-state index contributed by atoms with van der Waals surface area (Å²) in [4.78, 5) is 0. The summed E-state index contributed by atoms with van der Waals surface area (Å²) in [5, 5.41) is 0. The van der Waals surface area contributed by atoms with Gasteiger partial charge in [-0.15, -0.1) is 0 Å². The Kier molecular flexibility index (Phi) is 2.32. The van der Waals surface area contributed by atoms with Gasteiger partial charge in [-0.3, -0.25) is 0 Å². The molecule has 0 N–H and O–H groups in total. The van der Waals surface area contributed by atoms with Crippen LogP contribution in [0.4, 0.5) is 8.78 Å². The molecule has 0 saturated carbocycles. The fourth-order valence-corrected chi connectivity index (χ4v) is 2.22. The number of hydrogen-bond donors (Lipinski definition) is 0. The molecule has 0 nitrogen and oxygen atoms in total. The molecule has 0 spiro atoms. The Morgan fingerprint density at radius 1 is 1.00 bits per heavy atom. The molecular weight excluding hydrogens is 194 g/mol. The van der Waals surface area contributed by atoms with Gasteiger partial charge in [0.25, 0.3) is 0 Å². The molecule has 1 aliphatic carbocycles. The van der Waals surface area contributed by atoms with Crippen LogP contribution in [-0.4, -0.2) is 0 Å². The van der Waals surface area contributed by atoms with Crippen molar-refractivity contribution in [2.75, 3.05) is 0 Å². The lowest BCUT2D eigenvalue weighted by atomic mass is 9.79. The molecule has 0 unspecified atom stereocenters. The number of halogens is 2. The minimum Gasteiger partial charge on any atom is -0.204 e. The first kappa shape index (κ1) is 10.6. The lowest BCUT2D eigenvalue weighted by Crippen LogP contribution is -2.20. The molecular formula is C13H16F2. The normalized spacial score (nSPS) is 16.9. The van der Waals surface area contributed by atoms with E-state index < -0.39 is 11.6 Å². The van der Waals surface area contributed by atoms with Crippen molar-refractivity contribution in [2.24, 2.45) is 11.3 Å². The Bertz CT molecular complexity index is 357. The van der Waals surface area contributed by atoms with Crippen molar-refractivity contribution in [1.82, 2.24) is 0 Å². The third-order valence-electron chi connectivity index (χ3n) is 3.40. The maximum atomic E-state index is 13.0. The topological polar surface area (TPSA) is 0 Å². The van der Waals surface area contributed by atoms with Crippen LogP contribution in [-0.2, 0) is 12.8 Å². The molecule has 0 aliphatic heterocycles. The van der Waals surface area contributed by atoms with Crippen LogP contribution >= 0.6 is 0 Å². The minimum absolute atomic E-state index is 0.200. The second kappa shape index (κ2) is 3.29. The highest BCUT2D eigenvalue weighted by atomic mass is 19.2. The molecule has 0 fully saturated rings. The summed E-state index contributed by atoms with van der Waals surface area (Å²) in [6, 6.07) is 2.72. The molecule has 2 heteroatoms. The van der Waals surface area contributed by atoms with Crippen molar-refractivity contribution in [3.05, 3.63) is 34.9 Å². The summed E-state index contributed by atoms with van der Waals surface area (Å²) in [6.07, 6.45) is 1.74. The van der Waals surface area contributed by atoms with Gasteiger partial charge in [-0.2, -0.15) is 0 Å². The van der Waals surface area contributed by atoms with Crippen molar-refractivity contribution >= 4 is 0 Å². The van der Waals surface area contributed by atoms with Gasteiger partial charge in [-0.05, 0) is 47.4 Å². The standard InChI is InChI=1S/C13H16F2/c1-13(2,3)10-4-8-6-11(14)12(15)7-9(8)5-10/h6-7,10H,4-5H2,1-3H3. The monoisotopic (exact) mass is 210 g/mol. The van der Waals surface area contributed by atoms with E-state index in [0.29, 0.717) is 5.92 Å². The number of fused-ring (bicyclic) bond motifs is 1. The average Bonchev–Trinajstić information content (AvgIpc) is 2.47. The number of rotatable bonds is 0. The Morgan fingerprint density at radius 2 is 1.40 bits per heavy atom. The maximum Gasteiger partial charge on any atom is 0.159 e. The first-order valence-electron chi connectivity index (χ1n) is 5.34. The van der Waals surface area contributed by atoms with Gasteiger partial charge in [0.2, 0.25) is 0 Å². The van der Waals surface area contributed by atoms with E-state index in [-0.39, 0.29) is 5.41 Å². The largest absolute Gasteiger partial charge is 0.204 e.